The molecule has 5 nitrogen and oxygen atoms in total. The summed E-state index contributed by atoms with van der Waals surface area (Å²) in [5.74, 6) is 1.38. The van der Waals surface area contributed by atoms with Gasteiger partial charge in [0.1, 0.15) is 18.7 Å². The Labute approximate surface area is 114 Å². The van der Waals surface area contributed by atoms with E-state index in [1.165, 1.54) is 0 Å². The minimum Gasteiger partial charge on any atom is -0.485 e. The number of rotatable bonds is 4. The van der Waals surface area contributed by atoms with Crippen LogP contribution in [0.2, 0.25) is 0 Å². The number of aliphatic hydroxyl groups excluding tert-OH is 1. The van der Waals surface area contributed by atoms with Crippen molar-refractivity contribution < 1.29 is 9.84 Å². The second kappa shape index (κ2) is 5.49. The largest absolute Gasteiger partial charge is 0.485 e. The highest BCUT2D eigenvalue weighted by atomic mass is 79.9. The molecule has 2 aromatic rings. The Morgan fingerprint density at radius 2 is 2.28 bits per heavy atom. The standard InChI is InChI=1S/C12H14BrN3O2/c1-8(17)10-5-9(13)3-4-11(10)18-6-12-15-14-7-16(12)2/h3-5,7-8,17H,6H2,1-2H3/t8-/m0/s1. The number of aliphatic hydroxyl groups is 1. The van der Waals surface area contributed by atoms with Crippen molar-refractivity contribution in [3.05, 3.63) is 40.4 Å². The van der Waals surface area contributed by atoms with Gasteiger partial charge in [0.25, 0.3) is 0 Å². The van der Waals surface area contributed by atoms with E-state index in [2.05, 4.69) is 26.1 Å². The lowest BCUT2D eigenvalue weighted by Crippen LogP contribution is -2.05. The molecule has 1 N–H and O–H groups in total. The van der Waals surface area contributed by atoms with Gasteiger partial charge in [-0.2, -0.15) is 0 Å². The zero-order valence-corrected chi connectivity index (χ0v) is 11.8. The summed E-state index contributed by atoms with van der Waals surface area (Å²) in [6, 6.07) is 5.54. The predicted molar refractivity (Wildman–Crippen MR) is 70.1 cm³/mol. The van der Waals surface area contributed by atoms with Crippen molar-refractivity contribution in [1.29, 1.82) is 0 Å². The number of nitrogens with zero attached hydrogens (tertiary/aromatic N) is 3. The first-order valence-electron chi connectivity index (χ1n) is 5.51. The van der Waals surface area contributed by atoms with E-state index in [1.807, 2.05) is 25.2 Å². The van der Waals surface area contributed by atoms with Gasteiger partial charge in [-0.3, -0.25) is 0 Å². The number of aryl methyl sites for hydroxylation is 1. The van der Waals surface area contributed by atoms with E-state index in [-0.39, 0.29) is 0 Å². The van der Waals surface area contributed by atoms with Gasteiger partial charge in [0.05, 0.1) is 6.10 Å². The van der Waals surface area contributed by atoms with E-state index < -0.39 is 6.10 Å². The highest BCUT2D eigenvalue weighted by Crippen LogP contribution is 2.28. The highest BCUT2D eigenvalue weighted by Gasteiger charge is 2.11. The molecule has 1 aromatic carbocycles. The molecule has 0 unspecified atom stereocenters. The molecule has 0 aliphatic heterocycles. The zero-order valence-electron chi connectivity index (χ0n) is 10.2. The van der Waals surface area contributed by atoms with Gasteiger partial charge in [-0.1, -0.05) is 15.9 Å². The van der Waals surface area contributed by atoms with Crippen LogP contribution in [0.3, 0.4) is 0 Å². The second-order valence-corrected chi connectivity index (χ2v) is 4.92. The molecule has 1 aromatic heterocycles. The fourth-order valence-corrected chi connectivity index (χ4v) is 1.94. The summed E-state index contributed by atoms with van der Waals surface area (Å²) in [5, 5.41) is 17.4. The van der Waals surface area contributed by atoms with Crippen molar-refractivity contribution in [3.63, 3.8) is 0 Å². The average Bonchev–Trinajstić information content (AvgIpc) is 2.73. The zero-order chi connectivity index (χ0) is 13.1. The van der Waals surface area contributed by atoms with Crippen molar-refractivity contribution in [2.45, 2.75) is 19.6 Å². The van der Waals surface area contributed by atoms with Crippen LogP contribution in [0, 0.1) is 0 Å². The van der Waals surface area contributed by atoms with E-state index in [4.69, 9.17) is 4.74 Å². The molecular weight excluding hydrogens is 298 g/mol. The maximum absolute atomic E-state index is 9.71. The van der Waals surface area contributed by atoms with Crippen molar-refractivity contribution in [3.8, 4) is 5.75 Å². The number of halogens is 1. The SMILES string of the molecule is C[C@H](O)c1cc(Br)ccc1OCc1nncn1C. The molecule has 0 spiro atoms. The topological polar surface area (TPSA) is 60.2 Å². The maximum Gasteiger partial charge on any atom is 0.170 e. The lowest BCUT2D eigenvalue weighted by Gasteiger charge is -2.13. The quantitative estimate of drug-likeness (QED) is 0.940. The van der Waals surface area contributed by atoms with Crippen LogP contribution in [0.5, 0.6) is 5.75 Å². The van der Waals surface area contributed by atoms with Crippen LogP contribution in [0.4, 0.5) is 0 Å². The van der Waals surface area contributed by atoms with Gasteiger partial charge in [-0.05, 0) is 25.1 Å². The Morgan fingerprint density at radius 3 is 2.89 bits per heavy atom. The molecular formula is C12H14BrN3O2. The summed E-state index contributed by atoms with van der Waals surface area (Å²) in [6.07, 6.45) is 1.03. The second-order valence-electron chi connectivity index (χ2n) is 4.00. The number of hydrogen-bond acceptors (Lipinski definition) is 4. The summed E-state index contributed by atoms with van der Waals surface area (Å²) >= 11 is 3.37. The van der Waals surface area contributed by atoms with Crippen molar-refractivity contribution in [1.82, 2.24) is 14.8 Å². The molecule has 0 radical (unpaired) electrons. The lowest BCUT2D eigenvalue weighted by molar-refractivity contribution is 0.189. The van der Waals surface area contributed by atoms with Crippen LogP contribution in [0.15, 0.2) is 29.0 Å². The lowest BCUT2D eigenvalue weighted by atomic mass is 10.1. The molecule has 96 valence electrons. The Balaban J connectivity index is 2.16. The molecule has 2 rings (SSSR count). The van der Waals surface area contributed by atoms with Crippen LogP contribution >= 0.6 is 15.9 Å². The van der Waals surface area contributed by atoms with Gasteiger partial charge in [-0.25, -0.2) is 0 Å². The van der Waals surface area contributed by atoms with Crippen molar-refractivity contribution >= 4 is 15.9 Å². The molecule has 6 heteroatoms. The molecule has 0 bridgehead atoms. The van der Waals surface area contributed by atoms with Gasteiger partial charge < -0.3 is 14.4 Å². The molecule has 1 atom stereocenters. The molecule has 0 fully saturated rings. The monoisotopic (exact) mass is 311 g/mol. The highest BCUT2D eigenvalue weighted by molar-refractivity contribution is 9.10. The fourth-order valence-electron chi connectivity index (χ4n) is 1.56. The Hall–Kier alpha value is -1.40. The Morgan fingerprint density at radius 1 is 1.50 bits per heavy atom. The molecule has 0 amide bonds. The van der Waals surface area contributed by atoms with Crippen LogP contribution in [-0.2, 0) is 13.7 Å². The third-order valence-electron chi connectivity index (χ3n) is 2.58. The van der Waals surface area contributed by atoms with Crippen molar-refractivity contribution in [2.24, 2.45) is 7.05 Å². The molecule has 0 aliphatic rings. The van der Waals surface area contributed by atoms with E-state index in [0.29, 0.717) is 12.4 Å². The van der Waals surface area contributed by atoms with E-state index in [1.54, 1.807) is 17.8 Å². The normalized spacial score (nSPS) is 12.4. The first-order valence-corrected chi connectivity index (χ1v) is 6.30. The summed E-state index contributed by atoms with van der Waals surface area (Å²) in [4.78, 5) is 0. The summed E-state index contributed by atoms with van der Waals surface area (Å²) in [5.41, 5.74) is 0.742. The number of ether oxygens (including phenoxy) is 1. The van der Waals surface area contributed by atoms with Gasteiger partial charge >= 0.3 is 0 Å². The summed E-state index contributed by atoms with van der Waals surface area (Å²) in [6.45, 7) is 2.02. The van der Waals surface area contributed by atoms with Crippen molar-refractivity contribution in [2.75, 3.05) is 0 Å². The first-order chi connectivity index (χ1) is 8.58. The van der Waals surface area contributed by atoms with Crippen LogP contribution in [0.1, 0.15) is 24.4 Å². The van der Waals surface area contributed by atoms with Gasteiger partial charge in [0.15, 0.2) is 5.82 Å². The van der Waals surface area contributed by atoms with Crippen LogP contribution in [0.25, 0.3) is 0 Å². The van der Waals surface area contributed by atoms with Gasteiger partial charge in [0, 0.05) is 17.1 Å². The smallest absolute Gasteiger partial charge is 0.170 e. The first kappa shape index (κ1) is 13.0. The van der Waals surface area contributed by atoms with E-state index in [0.717, 1.165) is 15.9 Å². The fraction of sp³-hybridized carbons (Fsp3) is 0.333. The van der Waals surface area contributed by atoms with E-state index >= 15 is 0 Å². The van der Waals surface area contributed by atoms with Gasteiger partial charge in [-0.15, -0.1) is 10.2 Å². The summed E-state index contributed by atoms with van der Waals surface area (Å²) < 4.78 is 8.37. The molecule has 0 saturated carbocycles. The molecule has 18 heavy (non-hydrogen) atoms. The van der Waals surface area contributed by atoms with Crippen LogP contribution < -0.4 is 4.74 Å². The maximum atomic E-state index is 9.71. The minimum atomic E-state index is -0.586. The number of aromatic nitrogens is 3. The average molecular weight is 312 g/mol. The third-order valence-corrected chi connectivity index (χ3v) is 3.08. The van der Waals surface area contributed by atoms with E-state index in [9.17, 15) is 5.11 Å². The predicted octanol–water partition coefficient (Wildman–Crippen LogP) is 2.21. The molecule has 0 aliphatic carbocycles. The molecule has 0 saturated heterocycles. The third kappa shape index (κ3) is 2.88. The Bertz CT molecular complexity index is 540. The minimum absolute atomic E-state index is 0.317. The Kier molecular flexibility index (Phi) is 3.98. The van der Waals surface area contributed by atoms with Gasteiger partial charge in [0.2, 0.25) is 0 Å². The molecule has 1 heterocycles. The number of hydrogen-bond donors (Lipinski definition) is 1. The van der Waals surface area contributed by atoms with Crippen LogP contribution in [-0.4, -0.2) is 19.9 Å². The summed E-state index contributed by atoms with van der Waals surface area (Å²) in [7, 11) is 1.86. The number of benzene rings is 1.